The van der Waals surface area contributed by atoms with E-state index in [1.54, 1.807) is 19.1 Å². The van der Waals surface area contributed by atoms with E-state index in [0.717, 1.165) is 0 Å². The Balaban J connectivity index is 2.48. The first-order chi connectivity index (χ1) is 6.72. The number of ether oxygens (including phenoxy) is 2. The van der Waals surface area contributed by atoms with Crippen molar-refractivity contribution < 1.29 is 14.3 Å². The second-order valence-electron chi connectivity index (χ2n) is 3.39. The molecule has 1 fully saturated rings. The molecule has 1 aliphatic rings. The zero-order valence-corrected chi connectivity index (χ0v) is 8.73. The maximum atomic E-state index is 11.5. The molecule has 0 aromatic rings. The minimum Gasteiger partial charge on any atom is -0.377 e. The van der Waals surface area contributed by atoms with E-state index in [1.807, 2.05) is 0 Å². The summed E-state index contributed by atoms with van der Waals surface area (Å²) >= 11 is 0. The minimum atomic E-state index is -0.0123. The molecule has 5 heteroatoms. The number of amides is 1. The van der Waals surface area contributed by atoms with Gasteiger partial charge in [0.2, 0.25) is 5.91 Å². The Morgan fingerprint density at radius 2 is 1.86 bits per heavy atom. The van der Waals surface area contributed by atoms with Crippen molar-refractivity contribution in [2.45, 2.75) is 18.6 Å². The third-order valence-electron chi connectivity index (χ3n) is 2.53. The van der Waals surface area contributed by atoms with Gasteiger partial charge in [-0.3, -0.25) is 4.79 Å². The molecule has 2 atom stereocenters. The summed E-state index contributed by atoms with van der Waals surface area (Å²) in [5.41, 5.74) is 5.32. The summed E-state index contributed by atoms with van der Waals surface area (Å²) in [7, 11) is 3.27. The van der Waals surface area contributed by atoms with Gasteiger partial charge in [0, 0.05) is 40.3 Å². The fourth-order valence-electron chi connectivity index (χ4n) is 1.68. The molecule has 0 radical (unpaired) electrons. The van der Waals surface area contributed by atoms with Crippen LogP contribution in [0.2, 0.25) is 0 Å². The first kappa shape index (κ1) is 11.4. The van der Waals surface area contributed by atoms with Gasteiger partial charge in [0.15, 0.2) is 0 Å². The molecule has 1 aliphatic heterocycles. The van der Waals surface area contributed by atoms with E-state index >= 15 is 0 Å². The van der Waals surface area contributed by atoms with E-state index in [2.05, 4.69) is 0 Å². The van der Waals surface area contributed by atoms with Gasteiger partial charge in [-0.15, -0.1) is 0 Å². The molecular weight excluding hydrogens is 184 g/mol. The molecule has 0 aliphatic carbocycles. The summed E-state index contributed by atoms with van der Waals surface area (Å²) in [5.74, 6) is 0.0779. The van der Waals surface area contributed by atoms with E-state index < -0.39 is 0 Å². The molecule has 1 saturated heterocycles. The van der Waals surface area contributed by atoms with E-state index in [1.165, 1.54) is 0 Å². The average molecular weight is 202 g/mol. The quantitative estimate of drug-likeness (QED) is 0.648. The third kappa shape index (κ3) is 2.43. The Kier molecular flexibility index (Phi) is 4.31. The fourth-order valence-corrected chi connectivity index (χ4v) is 1.68. The molecule has 1 rings (SSSR count). The summed E-state index contributed by atoms with van der Waals surface area (Å²) in [5, 5.41) is 0. The second kappa shape index (κ2) is 5.29. The molecule has 0 saturated carbocycles. The Bertz CT molecular complexity index is 186. The molecule has 82 valence electrons. The van der Waals surface area contributed by atoms with Crippen LogP contribution in [-0.4, -0.2) is 56.9 Å². The van der Waals surface area contributed by atoms with Crippen LogP contribution in [-0.2, 0) is 14.3 Å². The fraction of sp³-hybridized carbons (Fsp3) is 0.889. The Morgan fingerprint density at radius 1 is 1.36 bits per heavy atom. The van der Waals surface area contributed by atoms with Gasteiger partial charge < -0.3 is 20.1 Å². The van der Waals surface area contributed by atoms with Crippen LogP contribution in [0.1, 0.15) is 6.42 Å². The van der Waals surface area contributed by atoms with Crippen molar-refractivity contribution in [2.75, 3.05) is 33.9 Å². The number of hydrogen-bond donors (Lipinski definition) is 1. The maximum absolute atomic E-state index is 11.5. The largest absolute Gasteiger partial charge is 0.377 e. The molecule has 0 spiro atoms. The first-order valence-corrected chi connectivity index (χ1v) is 4.76. The van der Waals surface area contributed by atoms with Gasteiger partial charge in [-0.25, -0.2) is 0 Å². The SMILES string of the molecule is COC1CN(C(=O)CCN)CC1OC. The average Bonchev–Trinajstić information content (AvgIpc) is 2.61. The highest BCUT2D eigenvalue weighted by Gasteiger charge is 2.34. The monoisotopic (exact) mass is 202 g/mol. The zero-order valence-electron chi connectivity index (χ0n) is 8.73. The Labute approximate surface area is 84.1 Å². The van der Waals surface area contributed by atoms with Crippen molar-refractivity contribution in [1.82, 2.24) is 4.90 Å². The van der Waals surface area contributed by atoms with Crippen molar-refractivity contribution in [3.8, 4) is 0 Å². The van der Waals surface area contributed by atoms with Gasteiger partial charge in [0.05, 0.1) is 0 Å². The van der Waals surface area contributed by atoms with Crippen LogP contribution in [0.25, 0.3) is 0 Å². The first-order valence-electron chi connectivity index (χ1n) is 4.76. The molecule has 1 amide bonds. The van der Waals surface area contributed by atoms with Gasteiger partial charge in [-0.2, -0.15) is 0 Å². The zero-order chi connectivity index (χ0) is 10.6. The number of hydrogen-bond acceptors (Lipinski definition) is 4. The molecule has 0 aromatic carbocycles. The van der Waals surface area contributed by atoms with Crippen molar-refractivity contribution in [3.63, 3.8) is 0 Å². The minimum absolute atomic E-state index is 0.0123. The molecule has 2 N–H and O–H groups in total. The van der Waals surface area contributed by atoms with Crippen LogP contribution in [0.3, 0.4) is 0 Å². The predicted octanol–water partition coefficient (Wildman–Crippen LogP) is -0.793. The second-order valence-corrected chi connectivity index (χ2v) is 3.39. The van der Waals surface area contributed by atoms with Gasteiger partial charge in [-0.1, -0.05) is 0 Å². The lowest BCUT2D eigenvalue weighted by atomic mass is 10.3. The summed E-state index contributed by atoms with van der Waals surface area (Å²) in [6.07, 6.45) is 0.371. The molecule has 1 heterocycles. The smallest absolute Gasteiger partial charge is 0.224 e. The molecular formula is C9H18N2O3. The number of carbonyl (C=O) groups is 1. The Morgan fingerprint density at radius 3 is 2.21 bits per heavy atom. The van der Waals surface area contributed by atoms with Crippen molar-refractivity contribution in [2.24, 2.45) is 5.73 Å². The van der Waals surface area contributed by atoms with E-state index in [9.17, 15) is 4.79 Å². The van der Waals surface area contributed by atoms with Crippen LogP contribution in [0.4, 0.5) is 0 Å². The van der Waals surface area contributed by atoms with Crippen molar-refractivity contribution in [3.05, 3.63) is 0 Å². The number of nitrogens with zero attached hydrogens (tertiary/aromatic N) is 1. The predicted molar refractivity (Wildman–Crippen MR) is 51.8 cm³/mol. The summed E-state index contributed by atoms with van der Waals surface area (Å²) in [4.78, 5) is 13.2. The lowest BCUT2D eigenvalue weighted by molar-refractivity contribution is -0.130. The maximum Gasteiger partial charge on any atom is 0.224 e. The number of likely N-dealkylation sites (tertiary alicyclic amines) is 1. The number of rotatable bonds is 4. The van der Waals surface area contributed by atoms with Gasteiger partial charge >= 0.3 is 0 Å². The topological polar surface area (TPSA) is 64.8 Å². The van der Waals surface area contributed by atoms with Crippen LogP contribution in [0.15, 0.2) is 0 Å². The molecule has 14 heavy (non-hydrogen) atoms. The molecule has 2 unspecified atom stereocenters. The number of methoxy groups -OCH3 is 2. The Hall–Kier alpha value is -0.650. The summed E-state index contributed by atoms with van der Waals surface area (Å²) in [6.45, 7) is 1.60. The molecule has 0 bridgehead atoms. The molecule has 5 nitrogen and oxygen atoms in total. The van der Waals surface area contributed by atoms with E-state index in [4.69, 9.17) is 15.2 Å². The van der Waals surface area contributed by atoms with Gasteiger partial charge in [0.25, 0.3) is 0 Å². The van der Waals surface area contributed by atoms with Crippen LogP contribution < -0.4 is 5.73 Å². The standard InChI is InChI=1S/C9H18N2O3/c1-13-7-5-11(6-8(7)14-2)9(12)3-4-10/h7-8H,3-6,10H2,1-2H3. The van der Waals surface area contributed by atoms with Crippen LogP contribution in [0.5, 0.6) is 0 Å². The lowest BCUT2D eigenvalue weighted by Crippen LogP contribution is -2.31. The molecule has 0 aromatic heterocycles. The summed E-state index contributed by atoms with van der Waals surface area (Å²) < 4.78 is 10.4. The highest BCUT2D eigenvalue weighted by molar-refractivity contribution is 5.76. The normalized spacial score (nSPS) is 26.9. The highest BCUT2D eigenvalue weighted by atomic mass is 16.5. The summed E-state index contributed by atoms with van der Waals surface area (Å²) in [6, 6.07) is 0. The third-order valence-corrected chi connectivity index (χ3v) is 2.53. The van der Waals surface area contributed by atoms with Crippen LogP contribution >= 0.6 is 0 Å². The lowest BCUT2D eigenvalue weighted by Gasteiger charge is -2.14. The van der Waals surface area contributed by atoms with Gasteiger partial charge in [0.1, 0.15) is 12.2 Å². The van der Waals surface area contributed by atoms with Crippen molar-refractivity contribution >= 4 is 5.91 Å². The highest BCUT2D eigenvalue weighted by Crippen LogP contribution is 2.16. The van der Waals surface area contributed by atoms with E-state index in [-0.39, 0.29) is 18.1 Å². The van der Waals surface area contributed by atoms with Crippen molar-refractivity contribution in [1.29, 1.82) is 0 Å². The number of carbonyl (C=O) groups excluding carboxylic acids is 1. The van der Waals surface area contributed by atoms with Crippen LogP contribution in [0, 0.1) is 0 Å². The number of nitrogens with two attached hydrogens (primary N) is 1. The van der Waals surface area contributed by atoms with E-state index in [0.29, 0.717) is 26.1 Å². The van der Waals surface area contributed by atoms with Gasteiger partial charge in [-0.05, 0) is 0 Å².